The summed E-state index contributed by atoms with van der Waals surface area (Å²) in [5.74, 6) is 3.20. The highest BCUT2D eigenvalue weighted by atomic mass is 16.5. The van der Waals surface area contributed by atoms with E-state index in [9.17, 15) is 4.79 Å². The second-order valence-corrected chi connectivity index (χ2v) is 8.64. The largest absolute Gasteiger partial charge is 0.497 e. The Morgan fingerprint density at radius 3 is 2.43 bits per heavy atom. The smallest absolute Gasteiger partial charge is 0.241 e. The predicted octanol–water partition coefficient (Wildman–Crippen LogP) is 3.85. The molecule has 1 atom stereocenters. The van der Waals surface area contributed by atoms with Gasteiger partial charge in [-0.2, -0.15) is 4.98 Å². The van der Waals surface area contributed by atoms with Crippen LogP contribution >= 0.6 is 0 Å². The third kappa shape index (κ3) is 5.92. The van der Waals surface area contributed by atoms with Gasteiger partial charge >= 0.3 is 0 Å². The maximum atomic E-state index is 12.8. The Morgan fingerprint density at radius 1 is 1.06 bits per heavy atom. The quantitative estimate of drug-likeness (QED) is 0.493. The molecule has 35 heavy (non-hydrogen) atoms. The zero-order valence-electron chi connectivity index (χ0n) is 20.6. The summed E-state index contributed by atoms with van der Waals surface area (Å²) < 4.78 is 21.3. The van der Waals surface area contributed by atoms with Crippen LogP contribution in [-0.2, 0) is 11.3 Å². The van der Waals surface area contributed by atoms with Crippen molar-refractivity contribution in [3.8, 4) is 28.6 Å². The van der Waals surface area contributed by atoms with Crippen LogP contribution < -0.4 is 19.5 Å². The Morgan fingerprint density at radius 2 is 1.77 bits per heavy atom. The van der Waals surface area contributed by atoms with E-state index in [-0.39, 0.29) is 17.9 Å². The van der Waals surface area contributed by atoms with Gasteiger partial charge in [0.25, 0.3) is 0 Å². The van der Waals surface area contributed by atoms with Gasteiger partial charge in [0.2, 0.25) is 17.6 Å². The van der Waals surface area contributed by atoms with Gasteiger partial charge < -0.3 is 24.1 Å². The number of hydrogen-bond acceptors (Lipinski definition) is 8. The Kier molecular flexibility index (Phi) is 7.87. The molecule has 1 aromatic heterocycles. The Hall–Kier alpha value is -3.59. The van der Waals surface area contributed by atoms with Crippen molar-refractivity contribution in [3.63, 3.8) is 0 Å². The first-order valence-corrected chi connectivity index (χ1v) is 11.7. The van der Waals surface area contributed by atoms with Crippen LogP contribution in [0.5, 0.6) is 17.2 Å². The van der Waals surface area contributed by atoms with E-state index in [0.29, 0.717) is 29.8 Å². The summed E-state index contributed by atoms with van der Waals surface area (Å²) in [4.78, 5) is 19.6. The van der Waals surface area contributed by atoms with Crippen molar-refractivity contribution in [2.75, 3.05) is 34.4 Å². The van der Waals surface area contributed by atoms with E-state index in [1.54, 1.807) is 21.3 Å². The zero-order chi connectivity index (χ0) is 24.8. The second-order valence-electron chi connectivity index (χ2n) is 8.64. The molecule has 1 amide bonds. The number of nitrogens with zero attached hydrogens (tertiary/aromatic N) is 3. The minimum absolute atomic E-state index is 0.00282. The molecule has 0 bridgehead atoms. The summed E-state index contributed by atoms with van der Waals surface area (Å²) in [6, 6.07) is 13.2. The van der Waals surface area contributed by atoms with Crippen molar-refractivity contribution in [1.29, 1.82) is 0 Å². The zero-order valence-corrected chi connectivity index (χ0v) is 20.6. The van der Waals surface area contributed by atoms with Crippen molar-refractivity contribution < 1.29 is 23.5 Å². The van der Waals surface area contributed by atoms with E-state index in [0.717, 1.165) is 42.8 Å². The lowest BCUT2D eigenvalue weighted by Crippen LogP contribution is -2.40. The summed E-state index contributed by atoms with van der Waals surface area (Å²) in [5.41, 5.74) is 1.84. The Labute approximate surface area is 205 Å². The lowest BCUT2D eigenvalue weighted by Gasteiger charge is -2.30. The van der Waals surface area contributed by atoms with Crippen molar-refractivity contribution in [1.82, 2.24) is 20.4 Å². The van der Waals surface area contributed by atoms with Gasteiger partial charge in [0.05, 0.1) is 33.9 Å². The summed E-state index contributed by atoms with van der Waals surface area (Å²) in [6.07, 6.45) is 1.58. The molecule has 2 aromatic carbocycles. The lowest BCUT2D eigenvalue weighted by atomic mass is 9.95. The fourth-order valence-corrected chi connectivity index (χ4v) is 4.26. The van der Waals surface area contributed by atoms with Gasteiger partial charge in [-0.1, -0.05) is 17.3 Å². The Bertz CT molecular complexity index is 1120. The van der Waals surface area contributed by atoms with Crippen LogP contribution in [0.4, 0.5) is 0 Å². The van der Waals surface area contributed by atoms with Crippen molar-refractivity contribution in [2.45, 2.75) is 32.4 Å². The van der Waals surface area contributed by atoms with E-state index in [2.05, 4.69) is 20.4 Å². The number of hydrogen-bond donors (Lipinski definition) is 1. The molecule has 1 N–H and O–H groups in total. The van der Waals surface area contributed by atoms with E-state index >= 15 is 0 Å². The molecule has 186 valence electrons. The first-order chi connectivity index (χ1) is 17.0. The fourth-order valence-electron chi connectivity index (χ4n) is 4.26. The lowest BCUT2D eigenvalue weighted by molar-refractivity contribution is -0.127. The van der Waals surface area contributed by atoms with Gasteiger partial charge in [0.15, 0.2) is 11.5 Å². The summed E-state index contributed by atoms with van der Waals surface area (Å²) in [6.45, 7) is 4.14. The average molecular weight is 481 g/mol. The van der Waals surface area contributed by atoms with Crippen LogP contribution in [0.25, 0.3) is 11.4 Å². The molecule has 1 fully saturated rings. The molecular weight excluding hydrogens is 448 g/mol. The number of carbonyl (C=O) groups excluding carboxylic acids is 1. The monoisotopic (exact) mass is 480 g/mol. The van der Waals surface area contributed by atoms with Gasteiger partial charge in [-0.3, -0.25) is 9.69 Å². The van der Waals surface area contributed by atoms with E-state index in [1.807, 2.05) is 49.4 Å². The number of likely N-dealkylation sites (tertiary alicyclic amines) is 1. The van der Waals surface area contributed by atoms with Crippen LogP contribution in [0.1, 0.15) is 37.3 Å². The van der Waals surface area contributed by atoms with Crippen molar-refractivity contribution in [2.24, 2.45) is 5.92 Å². The van der Waals surface area contributed by atoms with Crippen molar-refractivity contribution in [3.05, 3.63) is 53.9 Å². The second kappa shape index (κ2) is 11.2. The Balaban J connectivity index is 1.28. The maximum absolute atomic E-state index is 12.8. The first kappa shape index (κ1) is 24.5. The number of ether oxygens (including phenoxy) is 3. The number of rotatable bonds is 9. The van der Waals surface area contributed by atoms with Crippen LogP contribution in [0.2, 0.25) is 0 Å². The number of benzene rings is 2. The molecule has 4 rings (SSSR count). The summed E-state index contributed by atoms with van der Waals surface area (Å²) >= 11 is 0. The number of carbonyl (C=O) groups is 1. The highest BCUT2D eigenvalue weighted by Crippen LogP contribution is 2.31. The van der Waals surface area contributed by atoms with Crippen LogP contribution in [0, 0.1) is 5.92 Å². The van der Waals surface area contributed by atoms with E-state index in [4.69, 9.17) is 18.7 Å². The average Bonchev–Trinajstić information content (AvgIpc) is 3.37. The highest BCUT2D eigenvalue weighted by Gasteiger charge is 2.27. The molecule has 2 heterocycles. The van der Waals surface area contributed by atoms with Crippen LogP contribution in [0.15, 0.2) is 47.0 Å². The normalized spacial score (nSPS) is 15.4. The molecule has 1 saturated heterocycles. The molecule has 0 aliphatic carbocycles. The molecule has 0 spiro atoms. The maximum Gasteiger partial charge on any atom is 0.241 e. The molecule has 9 nitrogen and oxygen atoms in total. The fraction of sp³-hybridized carbons (Fsp3) is 0.423. The molecule has 9 heteroatoms. The molecule has 3 aromatic rings. The molecule has 1 aliphatic rings. The number of methoxy groups -OCH3 is 3. The predicted molar refractivity (Wildman–Crippen MR) is 130 cm³/mol. The first-order valence-electron chi connectivity index (χ1n) is 11.7. The number of aromatic nitrogens is 2. The molecule has 1 aliphatic heterocycles. The summed E-state index contributed by atoms with van der Waals surface area (Å²) in [7, 11) is 4.83. The van der Waals surface area contributed by atoms with E-state index in [1.165, 1.54) is 0 Å². The van der Waals surface area contributed by atoms with Crippen molar-refractivity contribution >= 4 is 5.91 Å². The minimum Gasteiger partial charge on any atom is -0.497 e. The molecule has 0 saturated carbocycles. The van der Waals surface area contributed by atoms with Gasteiger partial charge in [-0.05, 0) is 68.8 Å². The molecule has 0 radical (unpaired) electrons. The van der Waals surface area contributed by atoms with Gasteiger partial charge in [0.1, 0.15) is 5.75 Å². The highest BCUT2D eigenvalue weighted by molar-refractivity contribution is 5.79. The van der Waals surface area contributed by atoms with Crippen LogP contribution in [-0.4, -0.2) is 55.4 Å². The van der Waals surface area contributed by atoms with Gasteiger partial charge in [-0.15, -0.1) is 0 Å². The topological polar surface area (TPSA) is 99.0 Å². The third-order valence-electron chi connectivity index (χ3n) is 6.40. The third-order valence-corrected chi connectivity index (χ3v) is 6.40. The standard InChI is InChI=1S/C26H32N4O5/c1-17(18-5-8-21(32-2)9-6-18)27-26(31)19-11-13-30(14-12-19)16-24-28-25(29-35-24)20-7-10-22(33-3)23(15-20)34-4/h5-10,15,17,19H,11-14,16H2,1-4H3,(H,27,31). The minimum atomic E-state index is -0.0557. The SMILES string of the molecule is COc1ccc(C(C)NC(=O)C2CCN(Cc3nc(-c4ccc(OC)c(OC)c4)no3)CC2)cc1. The molecule has 1 unspecified atom stereocenters. The van der Waals surface area contributed by atoms with Gasteiger partial charge in [-0.25, -0.2) is 0 Å². The van der Waals surface area contributed by atoms with Gasteiger partial charge in [0, 0.05) is 11.5 Å². The van der Waals surface area contributed by atoms with E-state index < -0.39 is 0 Å². The molecular formula is C26H32N4O5. The number of nitrogens with one attached hydrogen (secondary N) is 1. The van der Waals surface area contributed by atoms with Crippen LogP contribution in [0.3, 0.4) is 0 Å². The number of piperidine rings is 1. The summed E-state index contributed by atoms with van der Waals surface area (Å²) in [5, 5.41) is 7.27. The number of amides is 1.